The highest BCUT2D eigenvalue weighted by Gasteiger charge is 2.31. The summed E-state index contributed by atoms with van der Waals surface area (Å²) in [6.45, 7) is 4.54. The predicted octanol–water partition coefficient (Wildman–Crippen LogP) is 11.4. The van der Waals surface area contributed by atoms with E-state index in [0.29, 0.717) is 19.3 Å². The summed E-state index contributed by atoms with van der Waals surface area (Å²) in [4.78, 5) is 36.9. The van der Waals surface area contributed by atoms with E-state index in [1.165, 1.54) is 64.2 Å². The van der Waals surface area contributed by atoms with E-state index in [0.717, 1.165) is 64.2 Å². The Kier molecular flexibility index (Phi) is 34.9. The first-order chi connectivity index (χ1) is 26.1. The van der Waals surface area contributed by atoms with Gasteiger partial charge >= 0.3 is 17.9 Å². The molecular weight excluding hydrogens is 679 g/mol. The minimum absolute atomic E-state index is 0.0478. The third kappa shape index (κ3) is 34.8. The Bertz CT molecular complexity index is 1070. The summed E-state index contributed by atoms with van der Waals surface area (Å²) in [5.74, 6) is -1.51. The number of aliphatic carboxylic acids is 1. The third-order valence-corrected chi connectivity index (χ3v) is 9.25. The van der Waals surface area contributed by atoms with Gasteiger partial charge in [-0.25, -0.2) is 4.79 Å². The van der Waals surface area contributed by atoms with Gasteiger partial charge in [0.05, 0.1) is 34.4 Å². The summed E-state index contributed by atoms with van der Waals surface area (Å²) in [7, 11) is 5.51. The van der Waals surface area contributed by atoms with Crippen LogP contribution in [0.1, 0.15) is 162 Å². The first-order valence-electron chi connectivity index (χ1n) is 21.4. The Morgan fingerprint density at radius 1 is 0.574 bits per heavy atom. The molecule has 0 spiro atoms. The fourth-order valence-corrected chi connectivity index (χ4v) is 5.92. The van der Waals surface area contributed by atoms with Crippen molar-refractivity contribution in [3.63, 3.8) is 0 Å². The van der Waals surface area contributed by atoms with Crippen LogP contribution in [0.15, 0.2) is 60.8 Å². The Balaban J connectivity index is 4.42. The SMILES string of the molecule is CC/C=C/C=C/C=C/C=C/CCCCCCCC(=O)OC(COCCC(C(=O)O)[N+](C)(C)C)COC(=O)CCCCCCCCC/C=C/CCCCCC. The van der Waals surface area contributed by atoms with Crippen molar-refractivity contribution in [2.24, 2.45) is 0 Å². The third-order valence-electron chi connectivity index (χ3n) is 9.25. The lowest BCUT2D eigenvalue weighted by Gasteiger charge is -2.31. The van der Waals surface area contributed by atoms with Crippen LogP contribution in [0.5, 0.6) is 0 Å². The molecule has 0 rings (SSSR count). The summed E-state index contributed by atoms with van der Waals surface area (Å²) >= 11 is 0. The normalized spacial score (nSPS) is 13.6. The molecule has 0 saturated heterocycles. The second kappa shape index (κ2) is 37.0. The van der Waals surface area contributed by atoms with Crippen molar-refractivity contribution in [2.75, 3.05) is 41.0 Å². The van der Waals surface area contributed by atoms with Crippen LogP contribution in [0, 0.1) is 0 Å². The molecule has 0 bridgehead atoms. The van der Waals surface area contributed by atoms with Crippen molar-refractivity contribution in [3.05, 3.63) is 60.8 Å². The Hall–Kier alpha value is -2.97. The molecule has 0 aliphatic heterocycles. The van der Waals surface area contributed by atoms with E-state index < -0.39 is 18.1 Å². The minimum atomic E-state index is -0.882. The van der Waals surface area contributed by atoms with E-state index >= 15 is 0 Å². The van der Waals surface area contributed by atoms with Gasteiger partial charge in [0, 0.05) is 19.3 Å². The topological polar surface area (TPSA) is 99.1 Å². The average Bonchev–Trinajstić information content (AvgIpc) is 3.12. The molecule has 0 aromatic heterocycles. The number of nitrogens with zero attached hydrogens (tertiary/aromatic N) is 1. The van der Waals surface area contributed by atoms with E-state index in [9.17, 15) is 19.5 Å². The lowest BCUT2D eigenvalue weighted by molar-refractivity contribution is -0.887. The Morgan fingerprint density at radius 2 is 1.06 bits per heavy atom. The number of hydrogen-bond donors (Lipinski definition) is 1. The van der Waals surface area contributed by atoms with Crippen LogP contribution in [-0.2, 0) is 28.6 Å². The van der Waals surface area contributed by atoms with Crippen LogP contribution in [0.4, 0.5) is 0 Å². The molecule has 310 valence electrons. The molecule has 0 heterocycles. The van der Waals surface area contributed by atoms with Gasteiger partial charge in [0.15, 0.2) is 12.1 Å². The van der Waals surface area contributed by atoms with Crippen molar-refractivity contribution in [3.8, 4) is 0 Å². The van der Waals surface area contributed by atoms with Gasteiger partial charge in [-0.15, -0.1) is 0 Å². The van der Waals surface area contributed by atoms with Crippen molar-refractivity contribution >= 4 is 17.9 Å². The number of carboxylic acid groups (broad SMARTS) is 1. The Labute approximate surface area is 330 Å². The maximum atomic E-state index is 12.7. The van der Waals surface area contributed by atoms with Crippen LogP contribution in [0.25, 0.3) is 0 Å². The molecule has 0 aliphatic carbocycles. The lowest BCUT2D eigenvalue weighted by atomic mass is 10.1. The zero-order valence-electron chi connectivity index (χ0n) is 35.2. The highest BCUT2D eigenvalue weighted by Crippen LogP contribution is 2.13. The molecule has 2 unspecified atom stereocenters. The van der Waals surface area contributed by atoms with Crippen LogP contribution in [0.3, 0.4) is 0 Å². The van der Waals surface area contributed by atoms with Gasteiger partial charge in [-0.05, 0) is 57.8 Å². The number of unbranched alkanes of at least 4 members (excludes halogenated alkanes) is 16. The second-order valence-electron chi connectivity index (χ2n) is 15.3. The molecule has 0 radical (unpaired) electrons. The van der Waals surface area contributed by atoms with E-state index in [4.69, 9.17) is 14.2 Å². The average molecular weight is 759 g/mol. The summed E-state index contributed by atoms with van der Waals surface area (Å²) in [6.07, 6.45) is 44.0. The largest absolute Gasteiger partial charge is 0.477 e. The molecule has 54 heavy (non-hydrogen) atoms. The molecule has 8 heteroatoms. The molecular formula is C46H80NO7+. The zero-order valence-corrected chi connectivity index (χ0v) is 35.2. The first kappa shape index (κ1) is 51.0. The lowest BCUT2D eigenvalue weighted by Crippen LogP contribution is -2.50. The smallest absolute Gasteiger partial charge is 0.362 e. The van der Waals surface area contributed by atoms with Crippen molar-refractivity contribution in [1.82, 2.24) is 0 Å². The summed E-state index contributed by atoms with van der Waals surface area (Å²) in [5.41, 5.74) is 0. The van der Waals surface area contributed by atoms with Crippen LogP contribution in [0.2, 0.25) is 0 Å². The standard InChI is InChI=1S/C46H79NO7/c1-6-8-10-12-14-16-18-20-22-24-26-28-30-32-34-36-44(48)53-41-42(40-52-39-38-43(46(50)51)47(3,4)5)54-45(49)37-35-33-31-29-27-25-23-21-19-17-15-13-11-9-7-2/h9,11,13,15-19,21,23,42-43H,6-8,10,12,14,20,22,24-41H2,1-5H3/p+1/b11-9+,15-13+,18-16+,19-17+,23-21+. The van der Waals surface area contributed by atoms with E-state index in [-0.39, 0.29) is 36.2 Å². The maximum absolute atomic E-state index is 12.7. The zero-order chi connectivity index (χ0) is 40.0. The van der Waals surface area contributed by atoms with Gasteiger partial charge in [0.25, 0.3) is 0 Å². The van der Waals surface area contributed by atoms with Gasteiger partial charge in [0.1, 0.15) is 6.61 Å². The highest BCUT2D eigenvalue weighted by atomic mass is 16.6. The van der Waals surface area contributed by atoms with Gasteiger partial charge < -0.3 is 23.8 Å². The molecule has 0 saturated carbocycles. The fraction of sp³-hybridized carbons (Fsp3) is 0.717. The molecule has 0 aliphatic rings. The summed E-state index contributed by atoms with van der Waals surface area (Å²) in [6, 6.07) is -0.621. The number of allylic oxidation sites excluding steroid dienone is 10. The quantitative estimate of drug-likeness (QED) is 0.0221. The van der Waals surface area contributed by atoms with E-state index in [2.05, 4.69) is 44.2 Å². The number of rotatable bonds is 37. The molecule has 0 fully saturated rings. The molecule has 1 N–H and O–H groups in total. The van der Waals surface area contributed by atoms with E-state index in [1.54, 1.807) is 0 Å². The number of hydrogen-bond acceptors (Lipinski definition) is 6. The number of quaternary nitrogens is 1. The Morgan fingerprint density at radius 3 is 1.59 bits per heavy atom. The molecule has 0 aromatic carbocycles. The number of ether oxygens (including phenoxy) is 3. The number of esters is 2. The summed E-state index contributed by atoms with van der Waals surface area (Å²) in [5, 5.41) is 9.61. The van der Waals surface area contributed by atoms with E-state index in [1.807, 2.05) is 51.5 Å². The second-order valence-corrected chi connectivity index (χ2v) is 15.3. The van der Waals surface area contributed by atoms with Gasteiger partial charge in [0.2, 0.25) is 0 Å². The fourth-order valence-electron chi connectivity index (χ4n) is 5.92. The molecule has 0 aromatic rings. The number of likely N-dealkylation sites (N-methyl/N-ethyl adjacent to an activating group) is 1. The predicted molar refractivity (Wildman–Crippen MR) is 224 cm³/mol. The molecule has 8 nitrogen and oxygen atoms in total. The number of carboxylic acids is 1. The molecule has 2 atom stereocenters. The van der Waals surface area contributed by atoms with Crippen LogP contribution >= 0.6 is 0 Å². The first-order valence-corrected chi connectivity index (χ1v) is 21.4. The molecule has 0 amide bonds. The van der Waals surface area contributed by atoms with Gasteiger partial charge in [-0.2, -0.15) is 0 Å². The monoisotopic (exact) mass is 759 g/mol. The van der Waals surface area contributed by atoms with Crippen LogP contribution in [-0.4, -0.2) is 80.6 Å². The van der Waals surface area contributed by atoms with Crippen molar-refractivity contribution in [1.29, 1.82) is 0 Å². The minimum Gasteiger partial charge on any atom is -0.477 e. The van der Waals surface area contributed by atoms with Crippen molar-refractivity contribution in [2.45, 2.75) is 174 Å². The highest BCUT2D eigenvalue weighted by molar-refractivity contribution is 5.72. The number of carbonyl (C=O) groups is 3. The van der Waals surface area contributed by atoms with Gasteiger partial charge in [-0.1, -0.05) is 145 Å². The van der Waals surface area contributed by atoms with Crippen molar-refractivity contribution < 1.29 is 38.2 Å². The maximum Gasteiger partial charge on any atom is 0.362 e. The number of carbonyl (C=O) groups excluding carboxylic acids is 2. The van der Waals surface area contributed by atoms with Gasteiger partial charge in [-0.3, -0.25) is 9.59 Å². The summed E-state index contributed by atoms with van der Waals surface area (Å²) < 4.78 is 17.2. The van der Waals surface area contributed by atoms with Crippen LogP contribution < -0.4 is 0 Å².